The molecule has 0 bridgehead atoms. The van der Waals surface area contributed by atoms with Crippen LogP contribution in [0, 0.1) is 0 Å². The van der Waals surface area contributed by atoms with E-state index in [0.29, 0.717) is 29.8 Å². The van der Waals surface area contributed by atoms with Gasteiger partial charge in [0, 0.05) is 30.2 Å². The average Bonchev–Trinajstić information content (AvgIpc) is 3.54. The van der Waals surface area contributed by atoms with E-state index in [-0.39, 0.29) is 12.2 Å². The number of hydrogen-bond donors (Lipinski definition) is 1. The molecule has 1 aliphatic rings. The summed E-state index contributed by atoms with van der Waals surface area (Å²) in [6.07, 6.45) is 5.21. The van der Waals surface area contributed by atoms with E-state index in [1.54, 1.807) is 28.0 Å². The Balaban J connectivity index is 1.27. The normalized spacial score (nSPS) is 13.6. The van der Waals surface area contributed by atoms with Gasteiger partial charge in [-0.2, -0.15) is 0 Å². The topological polar surface area (TPSA) is 120 Å². The van der Waals surface area contributed by atoms with Crippen molar-refractivity contribution < 1.29 is 14.3 Å². The van der Waals surface area contributed by atoms with Crippen LogP contribution in [0.15, 0.2) is 55.1 Å². The van der Waals surface area contributed by atoms with Crippen molar-refractivity contribution in [2.75, 3.05) is 16.8 Å². The van der Waals surface area contributed by atoms with E-state index < -0.39 is 5.60 Å². The third kappa shape index (κ3) is 6.43. The number of ether oxygens (including phenoxy) is 2. The van der Waals surface area contributed by atoms with Crippen LogP contribution in [-0.2, 0) is 17.7 Å². The highest BCUT2D eigenvalue weighted by molar-refractivity contribution is 6.32. The molecule has 0 saturated carbocycles. The Hall–Kier alpha value is -4.25. The van der Waals surface area contributed by atoms with Gasteiger partial charge >= 0.3 is 6.09 Å². The fourth-order valence-corrected chi connectivity index (χ4v) is 4.35. The highest BCUT2D eigenvalue weighted by Gasteiger charge is 2.29. The molecular weight excluding hydrogens is 520 g/mol. The molecule has 0 aliphatic carbocycles. The van der Waals surface area contributed by atoms with Crippen LogP contribution in [0.3, 0.4) is 0 Å². The van der Waals surface area contributed by atoms with Crippen LogP contribution in [-0.4, -0.2) is 54.5 Å². The summed E-state index contributed by atoms with van der Waals surface area (Å²) >= 11 is 6.38. The van der Waals surface area contributed by atoms with Gasteiger partial charge in [0.1, 0.15) is 23.8 Å². The minimum Gasteiger partial charge on any atom is -0.487 e. The Bertz CT molecular complexity index is 1460. The Morgan fingerprint density at radius 2 is 1.92 bits per heavy atom. The minimum absolute atomic E-state index is 0.206. The van der Waals surface area contributed by atoms with Gasteiger partial charge in [-0.25, -0.2) is 19.4 Å². The molecule has 202 valence electrons. The van der Waals surface area contributed by atoms with Crippen molar-refractivity contribution in [1.82, 2.24) is 30.2 Å². The first-order chi connectivity index (χ1) is 18.6. The van der Waals surface area contributed by atoms with Crippen molar-refractivity contribution in [2.45, 2.75) is 52.4 Å². The van der Waals surface area contributed by atoms with Crippen molar-refractivity contribution in [3.8, 4) is 16.9 Å². The first-order valence-electron chi connectivity index (χ1n) is 12.5. The van der Waals surface area contributed by atoms with E-state index in [1.165, 1.54) is 6.33 Å². The molecule has 0 saturated heterocycles. The molecule has 11 nitrogen and oxygen atoms in total. The maximum atomic E-state index is 12.7. The molecule has 1 N–H and O–H groups in total. The number of tetrazole rings is 1. The number of benzene rings is 2. The van der Waals surface area contributed by atoms with Crippen LogP contribution >= 0.6 is 11.6 Å². The summed E-state index contributed by atoms with van der Waals surface area (Å²) in [6.45, 7) is 8.56. The maximum absolute atomic E-state index is 12.7. The fourth-order valence-electron chi connectivity index (χ4n) is 4.19. The lowest BCUT2D eigenvalue weighted by atomic mass is 10.1. The van der Waals surface area contributed by atoms with Crippen LogP contribution in [0.5, 0.6) is 5.75 Å². The highest BCUT2D eigenvalue weighted by Crippen LogP contribution is 2.34. The van der Waals surface area contributed by atoms with Crippen LogP contribution in [0.25, 0.3) is 11.1 Å². The summed E-state index contributed by atoms with van der Waals surface area (Å²) in [5.41, 5.74) is 3.80. The van der Waals surface area contributed by atoms with E-state index >= 15 is 0 Å². The zero-order valence-corrected chi connectivity index (χ0v) is 22.9. The van der Waals surface area contributed by atoms with Crippen molar-refractivity contribution in [3.05, 3.63) is 65.7 Å². The molecule has 2 aromatic heterocycles. The smallest absolute Gasteiger partial charge is 0.414 e. The highest BCUT2D eigenvalue weighted by atomic mass is 35.5. The van der Waals surface area contributed by atoms with Crippen molar-refractivity contribution >= 4 is 35.0 Å². The number of amides is 1. The summed E-state index contributed by atoms with van der Waals surface area (Å²) in [4.78, 5) is 23.3. The summed E-state index contributed by atoms with van der Waals surface area (Å²) < 4.78 is 13.2. The monoisotopic (exact) mass is 548 g/mol. The summed E-state index contributed by atoms with van der Waals surface area (Å²) in [6, 6.07) is 11.4. The average molecular weight is 549 g/mol. The van der Waals surface area contributed by atoms with Crippen LogP contribution < -0.4 is 15.0 Å². The van der Waals surface area contributed by atoms with Gasteiger partial charge in [0.25, 0.3) is 0 Å². The van der Waals surface area contributed by atoms with Gasteiger partial charge in [-0.3, -0.25) is 4.90 Å². The summed E-state index contributed by atoms with van der Waals surface area (Å²) in [7, 11) is 0. The Morgan fingerprint density at radius 1 is 1.13 bits per heavy atom. The molecule has 1 atom stereocenters. The number of hydrogen-bond acceptors (Lipinski definition) is 9. The number of carbonyl (C=O) groups is 1. The second-order valence-electron chi connectivity index (χ2n) is 10.3. The fraction of sp³-hybridized carbons (Fsp3) is 0.333. The van der Waals surface area contributed by atoms with Gasteiger partial charge in [-0.05, 0) is 79.9 Å². The molecule has 0 fully saturated rings. The standard InChI is InChI=1S/C27H29ClN8O3/c1-17(15-35-16-31-33-34-35)38-24-11-19(6-8-22(24)28)20-13-29-25(30-14-20)32-21-7-5-18-9-10-36(23(18)12-21)26(37)39-27(2,3)4/h5-8,11-14,16-17H,9-10,15H2,1-4H3,(H,29,30,32)/t17-/m0/s1. The van der Waals surface area contributed by atoms with Gasteiger partial charge in [-0.1, -0.05) is 23.7 Å². The predicted octanol–water partition coefficient (Wildman–Crippen LogP) is 5.29. The second-order valence-corrected chi connectivity index (χ2v) is 10.7. The lowest BCUT2D eigenvalue weighted by Gasteiger charge is -2.25. The largest absolute Gasteiger partial charge is 0.487 e. The van der Waals surface area contributed by atoms with Gasteiger partial charge in [-0.15, -0.1) is 5.10 Å². The number of nitrogens with zero attached hydrogens (tertiary/aromatic N) is 7. The molecule has 1 amide bonds. The molecule has 12 heteroatoms. The maximum Gasteiger partial charge on any atom is 0.414 e. The molecule has 0 radical (unpaired) electrons. The van der Waals surface area contributed by atoms with Gasteiger partial charge < -0.3 is 14.8 Å². The number of anilines is 3. The number of aromatic nitrogens is 6. The molecule has 2 aromatic carbocycles. The van der Waals surface area contributed by atoms with Gasteiger partial charge in [0.15, 0.2) is 0 Å². The van der Waals surface area contributed by atoms with E-state index in [2.05, 4.69) is 30.8 Å². The third-order valence-corrected chi connectivity index (χ3v) is 6.24. The molecule has 1 aliphatic heterocycles. The summed E-state index contributed by atoms with van der Waals surface area (Å²) in [5, 5.41) is 14.9. The molecular formula is C27H29ClN8O3. The molecule has 3 heterocycles. The molecule has 0 unspecified atom stereocenters. The first kappa shape index (κ1) is 26.4. The number of carbonyl (C=O) groups excluding carboxylic acids is 1. The number of halogens is 1. The van der Waals surface area contributed by atoms with E-state index in [4.69, 9.17) is 21.1 Å². The van der Waals surface area contributed by atoms with Crippen molar-refractivity contribution in [2.24, 2.45) is 0 Å². The zero-order chi connectivity index (χ0) is 27.6. The Morgan fingerprint density at radius 3 is 2.64 bits per heavy atom. The first-order valence-corrected chi connectivity index (χ1v) is 12.9. The van der Waals surface area contributed by atoms with E-state index in [9.17, 15) is 4.79 Å². The van der Waals surface area contributed by atoms with Gasteiger partial charge in [0.05, 0.1) is 17.3 Å². The van der Waals surface area contributed by atoms with Crippen LogP contribution in [0.2, 0.25) is 5.02 Å². The molecule has 39 heavy (non-hydrogen) atoms. The number of nitrogens with one attached hydrogen (secondary N) is 1. The lowest BCUT2D eigenvalue weighted by Crippen LogP contribution is -2.35. The Kier molecular flexibility index (Phi) is 7.34. The summed E-state index contributed by atoms with van der Waals surface area (Å²) in [5.74, 6) is 0.977. The molecule has 5 rings (SSSR count). The van der Waals surface area contributed by atoms with Gasteiger partial charge in [0.2, 0.25) is 5.95 Å². The number of fused-ring (bicyclic) bond motifs is 1. The molecule has 4 aromatic rings. The third-order valence-electron chi connectivity index (χ3n) is 5.93. The predicted molar refractivity (Wildman–Crippen MR) is 147 cm³/mol. The minimum atomic E-state index is -0.559. The second kappa shape index (κ2) is 10.9. The SMILES string of the molecule is C[C@@H](Cn1cnnn1)Oc1cc(-c2cnc(Nc3ccc4c(c3)N(C(=O)OC(C)(C)C)CC4)nc2)ccc1Cl. The zero-order valence-electron chi connectivity index (χ0n) is 22.1. The van der Waals surface area contributed by atoms with Crippen molar-refractivity contribution in [1.29, 1.82) is 0 Å². The number of rotatable bonds is 7. The van der Waals surface area contributed by atoms with Crippen LogP contribution in [0.4, 0.5) is 22.1 Å². The van der Waals surface area contributed by atoms with Crippen LogP contribution in [0.1, 0.15) is 33.3 Å². The van der Waals surface area contributed by atoms with E-state index in [1.807, 2.05) is 58.0 Å². The van der Waals surface area contributed by atoms with Crippen molar-refractivity contribution in [3.63, 3.8) is 0 Å². The molecule has 0 spiro atoms. The lowest BCUT2D eigenvalue weighted by molar-refractivity contribution is 0.0584. The van der Waals surface area contributed by atoms with E-state index in [0.717, 1.165) is 34.5 Å². The Labute approximate surface area is 231 Å². The quantitative estimate of drug-likeness (QED) is 0.328.